The van der Waals surface area contributed by atoms with Crippen LogP contribution in [-0.4, -0.2) is 28.2 Å². The maximum absolute atomic E-state index is 9.08. The molecule has 4 aromatic rings. The van der Waals surface area contributed by atoms with Crippen molar-refractivity contribution in [1.82, 2.24) is 15.0 Å². The molecule has 3 aromatic heterocycles. The van der Waals surface area contributed by atoms with Gasteiger partial charge in [-0.15, -0.1) is 0 Å². The molecule has 2 N–H and O–H groups in total. The highest BCUT2D eigenvalue weighted by atomic mass is 16.5. The van der Waals surface area contributed by atoms with Crippen molar-refractivity contribution >= 4 is 22.4 Å². The Labute approximate surface area is 174 Å². The number of pyridine rings is 2. The second-order valence-corrected chi connectivity index (χ2v) is 7.52. The van der Waals surface area contributed by atoms with E-state index in [0.29, 0.717) is 11.6 Å². The Morgan fingerprint density at radius 2 is 1.97 bits per heavy atom. The summed E-state index contributed by atoms with van der Waals surface area (Å²) in [5.74, 6) is 1.34. The third-order valence-corrected chi connectivity index (χ3v) is 5.54. The van der Waals surface area contributed by atoms with E-state index in [1.54, 1.807) is 12.3 Å². The topological polar surface area (TPSA) is 86.6 Å². The molecule has 1 saturated heterocycles. The molecule has 0 bridgehead atoms. The molecule has 4 heterocycles. The fraction of sp³-hybridized carbons (Fsp3) is 0.208. The lowest BCUT2D eigenvalue weighted by Crippen LogP contribution is -2.14. The second-order valence-electron chi connectivity index (χ2n) is 7.52. The molecule has 0 saturated carbocycles. The van der Waals surface area contributed by atoms with E-state index in [1.165, 1.54) is 5.56 Å². The summed E-state index contributed by atoms with van der Waals surface area (Å²) in [6.45, 7) is 1.67. The predicted octanol–water partition coefficient (Wildman–Crippen LogP) is 5.13. The first-order valence-electron chi connectivity index (χ1n) is 10.1. The zero-order valence-electron chi connectivity index (χ0n) is 16.4. The van der Waals surface area contributed by atoms with Crippen LogP contribution in [0, 0.1) is 11.3 Å². The van der Waals surface area contributed by atoms with Crippen LogP contribution in [0.2, 0.25) is 0 Å². The summed E-state index contributed by atoms with van der Waals surface area (Å²) in [6.07, 6.45) is 5.64. The van der Waals surface area contributed by atoms with Crippen LogP contribution in [0.3, 0.4) is 0 Å². The first kappa shape index (κ1) is 18.3. The summed E-state index contributed by atoms with van der Waals surface area (Å²) < 4.78 is 5.49. The van der Waals surface area contributed by atoms with Crippen molar-refractivity contribution in [3.05, 3.63) is 72.2 Å². The zero-order valence-corrected chi connectivity index (χ0v) is 16.4. The minimum absolute atomic E-state index is 0.399. The number of benzene rings is 1. The highest BCUT2D eigenvalue weighted by Gasteiger charge is 2.16. The minimum atomic E-state index is 0.399. The number of aromatic nitrogens is 3. The van der Waals surface area contributed by atoms with Crippen LogP contribution in [0.5, 0.6) is 0 Å². The van der Waals surface area contributed by atoms with Gasteiger partial charge in [0.15, 0.2) is 0 Å². The Bertz CT molecular complexity index is 1230. The SMILES string of the molecule is N#Cc1cc(-c2cc3cnc(Nc4cccc(C5CCOCC5)c4)cc3[nH]2)ccn1. The van der Waals surface area contributed by atoms with Crippen molar-refractivity contribution < 1.29 is 4.74 Å². The summed E-state index contributed by atoms with van der Waals surface area (Å²) >= 11 is 0. The fourth-order valence-electron chi connectivity index (χ4n) is 3.96. The predicted molar refractivity (Wildman–Crippen MR) is 117 cm³/mol. The van der Waals surface area contributed by atoms with Crippen LogP contribution in [0.4, 0.5) is 11.5 Å². The number of fused-ring (bicyclic) bond motifs is 1. The summed E-state index contributed by atoms with van der Waals surface area (Å²) in [5.41, 5.74) is 5.62. The molecule has 1 aliphatic rings. The van der Waals surface area contributed by atoms with Crippen molar-refractivity contribution in [2.75, 3.05) is 18.5 Å². The molecule has 1 aromatic carbocycles. The molecule has 1 fully saturated rings. The molecule has 148 valence electrons. The smallest absolute Gasteiger partial charge is 0.141 e. The van der Waals surface area contributed by atoms with E-state index < -0.39 is 0 Å². The van der Waals surface area contributed by atoms with E-state index in [0.717, 1.165) is 59.7 Å². The Morgan fingerprint density at radius 3 is 2.83 bits per heavy atom. The molecule has 0 radical (unpaired) electrons. The Balaban J connectivity index is 1.40. The lowest BCUT2D eigenvalue weighted by molar-refractivity contribution is 0.0853. The van der Waals surface area contributed by atoms with Crippen LogP contribution in [0.15, 0.2) is 60.9 Å². The normalized spacial score (nSPS) is 14.5. The number of nitrogens with zero attached hydrogens (tertiary/aromatic N) is 3. The number of rotatable bonds is 4. The standard InChI is InChI=1S/C24H21N5O/c25-14-21-11-18(4-7-26-21)22-12-19-15-27-24(13-23(19)29-22)28-20-3-1-2-17(10-20)16-5-8-30-9-6-16/h1-4,7,10-13,15-16,29H,5-6,8-9H2,(H,27,28). The molecule has 0 aliphatic carbocycles. The molecular weight excluding hydrogens is 374 g/mol. The number of nitrogens with one attached hydrogen (secondary N) is 2. The van der Waals surface area contributed by atoms with Gasteiger partial charge in [-0.2, -0.15) is 5.26 Å². The minimum Gasteiger partial charge on any atom is -0.381 e. The first-order chi connectivity index (χ1) is 14.8. The van der Waals surface area contributed by atoms with E-state index in [9.17, 15) is 0 Å². The third kappa shape index (κ3) is 3.76. The van der Waals surface area contributed by atoms with Gasteiger partial charge in [-0.1, -0.05) is 12.1 Å². The van der Waals surface area contributed by atoms with Gasteiger partial charge in [0.1, 0.15) is 17.6 Å². The average molecular weight is 395 g/mol. The maximum atomic E-state index is 9.08. The van der Waals surface area contributed by atoms with E-state index in [1.807, 2.05) is 24.4 Å². The van der Waals surface area contributed by atoms with Crippen LogP contribution >= 0.6 is 0 Å². The van der Waals surface area contributed by atoms with E-state index in [4.69, 9.17) is 10.00 Å². The van der Waals surface area contributed by atoms with Gasteiger partial charge in [-0.05, 0) is 54.7 Å². The molecule has 30 heavy (non-hydrogen) atoms. The highest BCUT2D eigenvalue weighted by Crippen LogP contribution is 2.30. The lowest BCUT2D eigenvalue weighted by Gasteiger charge is -2.22. The lowest BCUT2D eigenvalue weighted by atomic mass is 9.91. The van der Waals surface area contributed by atoms with Crippen LogP contribution in [0.25, 0.3) is 22.2 Å². The number of anilines is 2. The molecule has 0 spiro atoms. The quantitative estimate of drug-likeness (QED) is 0.500. The van der Waals surface area contributed by atoms with Gasteiger partial charge >= 0.3 is 0 Å². The summed E-state index contributed by atoms with van der Waals surface area (Å²) in [7, 11) is 0. The number of nitriles is 1. The van der Waals surface area contributed by atoms with Gasteiger partial charge in [0.25, 0.3) is 0 Å². The zero-order chi connectivity index (χ0) is 20.3. The number of aromatic amines is 1. The van der Waals surface area contributed by atoms with Crippen molar-refractivity contribution in [3.63, 3.8) is 0 Å². The Morgan fingerprint density at radius 1 is 1.07 bits per heavy atom. The molecule has 1 aliphatic heterocycles. The molecule has 5 rings (SSSR count). The van der Waals surface area contributed by atoms with Crippen molar-refractivity contribution in [2.45, 2.75) is 18.8 Å². The Kier molecular flexibility index (Phi) is 4.88. The van der Waals surface area contributed by atoms with Crippen LogP contribution < -0.4 is 5.32 Å². The molecule has 0 amide bonds. The number of ether oxygens (including phenoxy) is 1. The molecule has 0 atom stereocenters. The fourth-order valence-corrected chi connectivity index (χ4v) is 3.96. The molecular formula is C24H21N5O. The van der Waals surface area contributed by atoms with Gasteiger partial charge in [-0.3, -0.25) is 0 Å². The summed E-state index contributed by atoms with van der Waals surface area (Å²) in [6, 6.07) is 18.4. The van der Waals surface area contributed by atoms with Crippen molar-refractivity contribution in [3.8, 4) is 17.3 Å². The van der Waals surface area contributed by atoms with E-state index >= 15 is 0 Å². The monoisotopic (exact) mass is 395 g/mol. The maximum Gasteiger partial charge on any atom is 0.141 e. The van der Waals surface area contributed by atoms with Gasteiger partial charge < -0.3 is 15.0 Å². The molecule has 6 heteroatoms. The second kappa shape index (κ2) is 7.97. The average Bonchev–Trinajstić information content (AvgIpc) is 3.23. The number of hydrogen-bond acceptors (Lipinski definition) is 5. The van der Waals surface area contributed by atoms with Gasteiger partial charge in [0.05, 0.1) is 5.52 Å². The van der Waals surface area contributed by atoms with Crippen molar-refractivity contribution in [2.24, 2.45) is 0 Å². The van der Waals surface area contributed by atoms with Gasteiger partial charge in [0, 0.05) is 54.0 Å². The highest BCUT2D eigenvalue weighted by molar-refractivity contribution is 5.87. The number of H-pyrrole nitrogens is 1. The van der Waals surface area contributed by atoms with E-state index in [-0.39, 0.29) is 0 Å². The summed E-state index contributed by atoms with van der Waals surface area (Å²) in [4.78, 5) is 12.0. The van der Waals surface area contributed by atoms with Gasteiger partial charge in [-0.25, -0.2) is 9.97 Å². The van der Waals surface area contributed by atoms with Gasteiger partial charge in [0.2, 0.25) is 0 Å². The first-order valence-corrected chi connectivity index (χ1v) is 10.1. The van der Waals surface area contributed by atoms with Crippen LogP contribution in [-0.2, 0) is 4.74 Å². The summed E-state index contributed by atoms with van der Waals surface area (Å²) in [5, 5.41) is 13.5. The largest absolute Gasteiger partial charge is 0.381 e. The molecule has 6 nitrogen and oxygen atoms in total. The van der Waals surface area contributed by atoms with E-state index in [2.05, 4.69) is 50.6 Å². The van der Waals surface area contributed by atoms with Crippen LogP contribution in [0.1, 0.15) is 30.0 Å². The Hall–Kier alpha value is -3.69. The number of hydrogen-bond donors (Lipinski definition) is 2. The molecule has 0 unspecified atom stereocenters. The van der Waals surface area contributed by atoms with Crippen molar-refractivity contribution in [1.29, 1.82) is 5.26 Å². The third-order valence-electron chi connectivity index (χ3n) is 5.54.